The second-order valence-corrected chi connectivity index (χ2v) is 10.9. The molecule has 218 valence electrons. The van der Waals surface area contributed by atoms with Crippen LogP contribution in [-0.4, -0.2) is 12.1 Å². The van der Waals surface area contributed by atoms with E-state index < -0.39 is 0 Å². The molecule has 38 heavy (non-hydrogen) atoms. The van der Waals surface area contributed by atoms with E-state index in [1.165, 1.54) is 89.9 Å². The molecule has 0 N–H and O–H groups in total. The van der Waals surface area contributed by atoms with Crippen molar-refractivity contribution in [1.82, 2.24) is 0 Å². The van der Waals surface area contributed by atoms with Gasteiger partial charge in [0, 0.05) is 6.42 Å². The number of carbonyl (C=O) groups is 2. The van der Waals surface area contributed by atoms with Gasteiger partial charge in [0.05, 0.1) is 5.92 Å². The van der Waals surface area contributed by atoms with Gasteiger partial charge >= 0.3 is 0 Å². The summed E-state index contributed by atoms with van der Waals surface area (Å²) < 4.78 is 0. The number of Topliss-reactive ketones (excluding diaryl/α,β-unsaturated/α-hetero) is 1. The third kappa shape index (κ3) is 27.3. The molecule has 0 aliphatic rings. The van der Waals surface area contributed by atoms with Crippen molar-refractivity contribution in [3.05, 3.63) is 48.6 Å². The Hall–Kier alpha value is -1.70. The molecule has 0 aromatic rings. The third-order valence-electron chi connectivity index (χ3n) is 7.20. The third-order valence-corrected chi connectivity index (χ3v) is 7.20. The van der Waals surface area contributed by atoms with E-state index >= 15 is 0 Å². The molecule has 0 fully saturated rings. The van der Waals surface area contributed by atoms with Gasteiger partial charge in [-0.15, -0.1) is 0 Å². The second-order valence-electron chi connectivity index (χ2n) is 10.9. The Morgan fingerprint density at radius 3 is 1.37 bits per heavy atom. The van der Waals surface area contributed by atoms with E-state index in [0.717, 1.165) is 57.7 Å². The van der Waals surface area contributed by atoms with Gasteiger partial charge in [0.2, 0.25) is 0 Å². The summed E-state index contributed by atoms with van der Waals surface area (Å²) in [5, 5.41) is 0. The number of ketones is 1. The molecule has 1 atom stereocenters. The molecular formula is C36H62O2. The van der Waals surface area contributed by atoms with Gasteiger partial charge in [-0.3, -0.25) is 4.79 Å². The van der Waals surface area contributed by atoms with Crippen molar-refractivity contribution in [2.45, 2.75) is 162 Å². The van der Waals surface area contributed by atoms with Gasteiger partial charge in [0.15, 0.2) is 0 Å². The Balaban J connectivity index is 3.64. The standard InChI is InChI=1S/C36H62O2/c1-3-5-7-9-11-13-15-17-18-19-20-21-23-25-27-29-31-33-36(38)35(34-37)32-30-28-26-24-22-16-14-12-10-8-6-4-2/h11,13,17-18,20-21,25,27,34-35H,3-10,12,14-16,19,22-24,26,28-33H2,1-2H3. The molecule has 0 aromatic carbocycles. The van der Waals surface area contributed by atoms with Crippen molar-refractivity contribution in [3.63, 3.8) is 0 Å². The molecule has 2 nitrogen and oxygen atoms in total. The molecule has 2 heteroatoms. The molecule has 0 spiro atoms. The number of aldehydes is 1. The minimum Gasteiger partial charge on any atom is -0.303 e. The zero-order valence-corrected chi connectivity index (χ0v) is 25.4. The van der Waals surface area contributed by atoms with Crippen molar-refractivity contribution in [3.8, 4) is 0 Å². The van der Waals surface area contributed by atoms with E-state index in [1.54, 1.807) is 0 Å². The zero-order valence-electron chi connectivity index (χ0n) is 25.4. The molecule has 1 unspecified atom stereocenters. The molecule has 0 amide bonds. The minimum absolute atomic E-state index is 0.138. The number of hydrogen-bond acceptors (Lipinski definition) is 2. The molecule has 0 bridgehead atoms. The smallest absolute Gasteiger partial charge is 0.143 e. The second kappa shape index (κ2) is 31.5. The lowest BCUT2D eigenvalue weighted by molar-refractivity contribution is -0.127. The largest absolute Gasteiger partial charge is 0.303 e. The predicted octanol–water partition coefficient (Wildman–Crippen LogP) is 11.6. The van der Waals surface area contributed by atoms with Crippen LogP contribution >= 0.6 is 0 Å². The van der Waals surface area contributed by atoms with Crippen molar-refractivity contribution in [2.24, 2.45) is 5.92 Å². The van der Waals surface area contributed by atoms with Crippen LogP contribution in [0, 0.1) is 5.92 Å². The minimum atomic E-state index is -0.380. The maximum Gasteiger partial charge on any atom is 0.143 e. The van der Waals surface area contributed by atoms with Gasteiger partial charge < -0.3 is 4.79 Å². The maximum atomic E-state index is 12.4. The van der Waals surface area contributed by atoms with Crippen LogP contribution in [0.5, 0.6) is 0 Å². The van der Waals surface area contributed by atoms with Gasteiger partial charge in [0.25, 0.3) is 0 Å². The molecule has 0 saturated carbocycles. The average molecular weight is 527 g/mol. The Labute approximate surface area is 237 Å². The van der Waals surface area contributed by atoms with E-state index in [4.69, 9.17) is 0 Å². The van der Waals surface area contributed by atoms with Crippen LogP contribution in [0.1, 0.15) is 162 Å². The Morgan fingerprint density at radius 2 is 0.895 bits per heavy atom. The first-order chi connectivity index (χ1) is 18.8. The fourth-order valence-electron chi connectivity index (χ4n) is 4.65. The first-order valence-corrected chi connectivity index (χ1v) is 16.3. The summed E-state index contributed by atoms with van der Waals surface area (Å²) >= 11 is 0. The zero-order chi connectivity index (χ0) is 27.8. The molecule has 0 rings (SSSR count). The van der Waals surface area contributed by atoms with Crippen LogP contribution < -0.4 is 0 Å². The first kappa shape index (κ1) is 36.3. The van der Waals surface area contributed by atoms with Crippen LogP contribution in [0.3, 0.4) is 0 Å². The molecule has 0 aliphatic heterocycles. The van der Waals surface area contributed by atoms with Crippen LogP contribution in [0.15, 0.2) is 48.6 Å². The topological polar surface area (TPSA) is 34.1 Å². The lowest BCUT2D eigenvalue weighted by Crippen LogP contribution is -2.15. The highest BCUT2D eigenvalue weighted by molar-refractivity contribution is 5.93. The van der Waals surface area contributed by atoms with Crippen LogP contribution in [0.25, 0.3) is 0 Å². The Kier molecular flexibility index (Phi) is 30.1. The summed E-state index contributed by atoms with van der Waals surface area (Å²) in [6, 6.07) is 0. The van der Waals surface area contributed by atoms with Crippen molar-refractivity contribution in [2.75, 3.05) is 0 Å². The van der Waals surface area contributed by atoms with E-state index in [9.17, 15) is 9.59 Å². The highest BCUT2D eigenvalue weighted by atomic mass is 16.1. The van der Waals surface area contributed by atoms with Crippen LogP contribution in [0.4, 0.5) is 0 Å². The molecule has 0 saturated heterocycles. The van der Waals surface area contributed by atoms with E-state index in [2.05, 4.69) is 62.5 Å². The fraction of sp³-hybridized carbons (Fsp3) is 0.722. The van der Waals surface area contributed by atoms with Gasteiger partial charge in [-0.05, 0) is 51.4 Å². The number of hydrogen-bond donors (Lipinski definition) is 0. The monoisotopic (exact) mass is 526 g/mol. The number of rotatable bonds is 29. The summed E-state index contributed by atoms with van der Waals surface area (Å²) in [5.74, 6) is -0.242. The quantitative estimate of drug-likeness (QED) is 0.0420. The number of carbonyl (C=O) groups excluding carboxylic acids is 2. The van der Waals surface area contributed by atoms with E-state index in [-0.39, 0.29) is 11.7 Å². The molecule has 0 aliphatic carbocycles. The van der Waals surface area contributed by atoms with Gasteiger partial charge in [-0.25, -0.2) is 0 Å². The SMILES string of the molecule is CCCCCC=CCC=CCC=CCC=CCCCC(=O)C(C=O)CCCCCCCCCCCCCC. The molecular weight excluding hydrogens is 464 g/mol. The van der Waals surface area contributed by atoms with Gasteiger partial charge in [0.1, 0.15) is 12.1 Å². The molecule has 0 aromatic heterocycles. The van der Waals surface area contributed by atoms with Crippen LogP contribution in [-0.2, 0) is 9.59 Å². The summed E-state index contributed by atoms with van der Waals surface area (Å²) in [6.07, 6.45) is 45.4. The fourth-order valence-corrected chi connectivity index (χ4v) is 4.65. The molecule has 0 heterocycles. The van der Waals surface area contributed by atoms with Crippen molar-refractivity contribution >= 4 is 12.1 Å². The van der Waals surface area contributed by atoms with Crippen molar-refractivity contribution in [1.29, 1.82) is 0 Å². The lowest BCUT2D eigenvalue weighted by atomic mass is 9.94. The van der Waals surface area contributed by atoms with Gasteiger partial charge in [-0.1, -0.05) is 152 Å². The average Bonchev–Trinajstić information content (AvgIpc) is 2.93. The molecule has 0 radical (unpaired) electrons. The van der Waals surface area contributed by atoms with E-state index in [0.29, 0.717) is 6.42 Å². The summed E-state index contributed by atoms with van der Waals surface area (Å²) in [5.41, 5.74) is 0. The lowest BCUT2D eigenvalue weighted by Gasteiger charge is -2.09. The summed E-state index contributed by atoms with van der Waals surface area (Å²) in [7, 11) is 0. The summed E-state index contributed by atoms with van der Waals surface area (Å²) in [4.78, 5) is 23.8. The predicted molar refractivity (Wildman–Crippen MR) is 169 cm³/mol. The Bertz CT molecular complexity index is 625. The number of unbranched alkanes of at least 4 members (excludes halogenated alkanes) is 15. The van der Waals surface area contributed by atoms with E-state index in [1.807, 2.05) is 0 Å². The summed E-state index contributed by atoms with van der Waals surface area (Å²) in [6.45, 7) is 4.51. The maximum absolute atomic E-state index is 12.4. The van der Waals surface area contributed by atoms with Crippen molar-refractivity contribution < 1.29 is 9.59 Å². The van der Waals surface area contributed by atoms with Crippen LogP contribution in [0.2, 0.25) is 0 Å². The number of allylic oxidation sites excluding steroid dienone is 8. The Morgan fingerprint density at radius 1 is 0.500 bits per heavy atom. The first-order valence-electron chi connectivity index (χ1n) is 16.3. The normalized spacial score (nSPS) is 13.0. The van der Waals surface area contributed by atoms with Gasteiger partial charge in [-0.2, -0.15) is 0 Å². The highest BCUT2D eigenvalue weighted by Crippen LogP contribution is 2.16. The highest BCUT2D eigenvalue weighted by Gasteiger charge is 2.16.